The van der Waals surface area contributed by atoms with Gasteiger partial charge < -0.3 is 10.6 Å². The molecule has 0 aromatic heterocycles. The fourth-order valence-electron chi connectivity index (χ4n) is 3.11. The SMILES string of the molecule is Cc1ccc(C)c(S(=O)(=O)N2CCCC2CNC(=O)C(=O)NCC(C)C)c1. The Labute approximate surface area is 161 Å². The maximum Gasteiger partial charge on any atom is 0.309 e. The number of nitrogens with zero attached hydrogens (tertiary/aromatic N) is 1. The van der Waals surface area contributed by atoms with Crippen molar-refractivity contribution >= 4 is 21.8 Å². The lowest BCUT2D eigenvalue weighted by Crippen LogP contribution is -2.47. The Balaban J connectivity index is 2.05. The van der Waals surface area contributed by atoms with Crippen molar-refractivity contribution in [3.8, 4) is 0 Å². The van der Waals surface area contributed by atoms with Crippen LogP contribution in [0.5, 0.6) is 0 Å². The van der Waals surface area contributed by atoms with Gasteiger partial charge in [0, 0.05) is 25.7 Å². The molecule has 2 amide bonds. The second-order valence-corrected chi connectivity index (χ2v) is 9.35. The third-order valence-electron chi connectivity index (χ3n) is 4.63. The van der Waals surface area contributed by atoms with Gasteiger partial charge in [0.25, 0.3) is 0 Å². The Bertz CT molecular complexity index is 805. The minimum Gasteiger partial charge on any atom is -0.348 e. The minimum atomic E-state index is -3.65. The van der Waals surface area contributed by atoms with Crippen LogP contribution in [0.25, 0.3) is 0 Å². The molecule has 1 aliphatic heterocycles. The molecule has 2 rings (SSSR count). The molecular weight excluding hydrogens is 366 g/mol. The van der Waals surface area contributed by atoms with Gasteiger partial charge in [-0.1, -0.05) is 26.0 Å². The molecule has 1 aliphatic rings. The number of carbonyl (C=O) groups excluding carboxylic acids is 2. The Morgan fingerprint density at radius 1 is 1.19 bits per heavy atom. The van der Waals surface area contributed by atoms with Crippen molar-refractivity contribution < 1.29 is 18.0 Å². The van der Waals surface area contributed by atoms with Gasteiger partial charge in [-0.15, -0.1) is 0 Å². The second kappa shape index (κ2) is 8.84. The number of carbonyl (C=O) groups is 2. The van der Waals surface area contributed by atoms with Crippen molar-refractivity contribution in [1.29, 1.82) is 0 Å². The highest BCUT2D eigenvalue weighted by molar-refractivity contribution is 7.89. The molecule has 1 atom stereocenters. The standard InChI is InChI=1S/C19H29N3O4S/c1-13(2)11-20-18(23)19(24)21-12-16-6-5-9-22(16)27(25,26)17-10-14(3)7-8-15(17)4/h7-8,10,13,16H,5-6,9,11-12H2,1-4H3,(H,20,23)(H,21,24). The van der Waals surface area contributed by atoms with Crippen molar-refractivity contribution in [3.63, 3.8) is 0 Å². The van der Waals surface area contributed by atoms with Crippen molar-refractivity contribution in [1.82, 2.24) is 14.9 Å². The molecule has 2 N–H and O–H groups in total. The van der Waals surface area contributed by atoms with Crippen molar-refractivity contribution in [3.05, 3.63) is 29.3 Å². The van der Waals surface area contributed by atoms with E-state index in [0.717, 1.165) is 12.0 Å². The highest BCUT2D eigenvalue weighted by atomic mass is 32.2. The first-order valence-corrected chi connectivity index (χ1v) is 10.7. The van der Waals surface area contributed by atoms with E-state index < -0.39 is 21.8 Å². The summed E-state index contributed by atoms with van der Waals surface area (Å²) in [5.74, 6) is -1.17. The van der Waals surface area contributed by atoms with Crippen LogP contribution in [-0.4, -0.2) is 50.2 Å². The lowest BCUT2D eigenvalue weighted by Gasteiger charge is -2.25. The zero-order valence-corrected chi connectivity index (χ0v) is 17.2. The number of sulfonamides is 1. The Morgan fingerprint density at radius 2 is 1.85 bits per heavy atom. The van der Waals surface area contributed by atoms with Gasteiger partial charge in [-0.25, -0.2) is 8.42 Å². The van der Waals surface area contributed by atoms with Gasteiger partial charge >= 0.3 is 11.8 Å². The minimum absolute atomic E-state index is 0.123. The van der Waals surface area contributed by atoms with Crippen LogP contribution >= 0.6 is 0 Å². The van der Waals surface area contributed by atoms with Crippen LogP contribution < -0.4 is 10.6 Å². The summed E-state index contributed by atoms with van der Waals surface area (Å²) in [7, 11) is -3.65. The molecule has 0 bridgehead atoms. The van der Waals surface area contributed by atoms with Crippen molar-refractivity contribution in [2.45, 2.75) is 51.5 Å². The summed E-state index contributed by atoms with van der Waals surface area (Å²) in [5, 5.41) is 5.13. The summed E-state index contributed by atoms with van der Waals surface area (Å²) in [4.78, 5) is 24.0. The van der Waals surface area contributed by atoms with E-state index in [9.17, 15) is 18.0 Å². The van der Waals surface area contributed by atoms with Crippen LogP contribution in [0.2, 0.25) is 0 Å². The molecule has 1 unspecified atom stereocenters. The van der Waals surface area contributed by atoms with Crippen molar-refractivity contribution in [2.75, 3.05) is 19.6 Å². The first kappa shape index (κ1) is 21.4. The predicted molar refractivity (Wildman–Crippen MR) is 104 cm³/mol. The average molecular weight is 396 g/mol. The molecule has 1 aromatic rings. The van der Waals surface area contributed by atoms with E-state index in [2.05, 4.69) is 10.6 Å². The molecule has 1 heterocycles. The topological polar surface area (TPSA) is 95.6 Å². The van der Waals surface area contributed by atoms with E-state index in [4.69, 9.17) is 0 Å². The summed E-state index contributed by atoms with van der Waals surface area (Å²) in [6, 6.07) is 5.01. The van der Waals surface area contributed by atoms with Gasteiger partial charge in [-0.3, -0.25) is 9.59 Å². The Morgan fingerprint density at radius 3 is 2.52 bits per heavy atom. The fourth-order valence-corrected chi connectivity index (χ4v) is 5.11. The molecule has 27 heavy (non-hydrogen) atoms. The van der Waals surface area contributed by atoms with Gasteiger partial charge in [0.05, 0.1) is 4.90 Å². The molecule has 150 valence electrons. The maximum absolute atomic E-state index is 13.1. The van der Waals surface area contributed by atoms with E-state index in [1.807, 2.05) is 26.8 Å². The van der Waals surface area contributed by atoms with Gasteiger partial charge in [-0.05, 0) is 49.8 Å². The lowest BCUT2D eigenvalue weighted by molar-refractivity contribution is -0.139. The molecule has 0 saturated carbocycles. The summed E-state index contributed by atoms with van der Waals surface area (Å²) >= 11 is 0. The lowest BCUT2D eigenvalue weighted by atomic mass is 10.2. The number of aryl methyl sites for hydroxylation is 2. The molecule has 7 nitrogen and oxygen atoms in total. The number of hydrogen-bond donors (Lipinski definition) is 2. The summed E-state index contributed by atoms with van der Waals surface area (Å²) < 4.78 is 27.7. The van der Waals surface area contributed by atoms with E-state index in [1.165, 1.54) is 4.31 Å². The van der Waals surface area contributed by atoms with E-state index >= 15 is 0 Å². The highest BCUT2D eigenvalue weighted by Crippen LogP contribution is 2.28. The largest absolute Gasteiger partial charge is 0.348 e. The van der Waals surface area contributed by atoms with Crippen LogP contribution in [0.15, 0.2) is 23.1 Å². The molecule has 0 aliphatic carbocycles. The third kappa shape index (κ3) is 5.29. The smallest absolute Gasteiger partial charge is 0.309 e. The van der Waals surface area contributed by atoms with Crippen LogP contribution in [0.4, 0.5) is 0 Å². The number of benzene rings is 1. The zero-order valence-electron chi connectivity index (χ0n) is 16.4. The zero-order chi connectivity index (χ0) is 20.2. The van der Waals surface area contributed by atoms with Crippen LogP contribution in [0.3, 0.4) is 0 Å². The number of amides is 2. The molecule has 1 aromatic carbocycles. The second-order valence-electron chi connectivity index (χ2n) is 7.49. The summed E-state index contributed by atoms with van der Waals surface area (Å²) in [5.41, 5.74) is 1.58. The van der Waals surface area contributed by atoms with Gasteiger partial charge in [0.2, 0.25) is 10.0 Å². The van der Waals surface area contributed by atoms with Crippen LogP contribution in [0.1, 0.15) is 37.8 Å². The molecule has 1 fully saturated rings. The van der Waals surface area contributed by atoms with Crippen LogP contribution in [-0.2, 0) is 19.6 Å². The molecule has 8 heteroatoms. The average Bonchev–Trinajstić information content (AvgIpc) is 3.08. The number of nitrogens with one attached hydrogen (secondary N) is 2. The van der Waals surface area contributed by atoms with Gasteiger partial charge in [-0.2, -0.15) is 4.31 Å². The molecular formula is C19H29N3O4S. The fraction of sp³-hybridized carbons (Fsp3) is 0.579. The van der Waals surface area contributed by atoms with E-state index in [0.29, 0.717) is 30.0 Å². The highest BCUT2D eigenvalue weighted by Gasteiger charge is 2.36. The Kier molecular flexibility index (Phi) is 7.00. The summed E-state index contributed by atoms with van der Waals surface area (Å²) in [6.45, 7) is 8.46. The van der Waals surface area contributed by atoms with Crippen LogP contribution in [0, 0.1) is 19.8 Å². The summed E-state index contributed by atoms with van der Waals surface area (Å²) in [6.07, 6.45) is 1.38. The normalized spacial score (nSPS) is 17.9. The van der Waals surface area contributed by atoms with E-state index in [1.54, 1.807) is 19.1 Å². The van der Waals surface area contributed by atoms with Crippen molar-refractivity contribution in [2.24, 2.45) is 5.92 Å². The Hall–Kier alpha value is -1.93. The quantitative estimate of drug-likeness (QED) is 0.711. The van der Waals surface area contributed by atoms with Gasteiger partial charge in [0.15, 0.2) is 0 Å². The van der Waals surface area contributed by atoms with E-state index in [-0.39, 0.29) is 18.5 Å². The third-order valence-corrected chi connectivity index (χ3v) is 6.72. The monoisotopic (exact) mass is 395 g/mol. The number of hydrogen-bond acceptors (Lipinski definition) is 4. The molecule has 0 radical (unpaired) electrons. The molecule has 0 spiro atoms. The first-order chi connectivity index (χ1) is 12.6. The predicted octanol–water partition coefficient (Wildman–Crippen LogP) is 1.34. The van der Waals surface area contributed by atoms with Gasteiger partial charge in [0.1, 0.15) is 0 Å². The first-order valence-electron chi connectivity index (χ1n) is 9.28. The maximum atomic E-state index is 13.1. The number of rotatable bonds is 6. The molecule has 1 saturated heterocycles.